The Morgan fingerprint density at radius 3 is 2.93 bits per heavy atom. The van der Waals surface area contributed by atoms with E-state index in [0.717, 1.165) is 31.7 Å². The number of fused-ring (bicyclic) bond motifs is 2. The standard InChI is InChI=1S/C21H13BrN4O2/c22-15-4-5-18-14(8-15)9-16(21(27)24-18)20-25-19(28-26-20)10-13-3-1-2-12-6-7-23-11-17(12)13/h1-9,11H,10H2,(H,24,27). The molecule has 0 radical (unpaired) electrons. The molecular weight excluding hydrogens is 420 g/mol. The number of aromatic amines is 1. The topological polar surface area (TPSA) is 84.7 Å². The van der Waals surface area contributed by atoms with E-state index in [9.17, 15) is 4.79 Å². The van der Waals surface area contributed by atoms with Gasteiger partial charge < -0.3 is 9.51 Å². The van der Waals surface area contributed by atoms with Crippen LogP contribution in [0.1, 0.15) is 11.5 Å². The number of aromatic nitrogens is 4. The molecule has 3 aromatic heterocycles. The Balaban J connectivity index is 1.53. The number of nitrogens with zero attached hydrogens (tertiary/aromatic N) is 3. The van der Waals surface area contributed by atoms with Gasteiger partial charge in [0.15, 0.2) is 0 Å². The average Bonchev–Trinajstić information content (AvgIpc) is 3.16. The molecule has 136 valence electrons. The van der Waals surface area contributed by atoms with Crippen molar-refractivity contribution < 1.29 is 4.52 Å². The molecule has 0 unspecified atom stereocenters. The van der Waals surface area contributed by atoms with Gasteiger partial charge in [-0.1, -0.05) is 39.3 Å². The van der Waals surface area contributed by atoms with Crippen molar-refractivity contribution in [1.82, 2.24) is 20.1 Å². The molecule has 0 spiro atoms. The van der Waals surface area contributed by atoms with Gasteiger partial charge in [-0.05, 0) is 41.3 Å². The molecule has 0 amide bonds. The van der Waals surface area contributed by atoms with Crippen LogP contribution < -0.4 is 5.56 Å². The van der Waals surface area contributed by atoms with Crippen molar-refractivity contribution in [3.8, 4) is 11.4 Å². The fraction of sp³-hybridized carbons (Fsp3) is 0.0476. The van der Waals surface area contributed by atoms with E-state index in [1.165, 1.54) is 0 Å². The molecule has 0 fully saturated rings. The quantitative estimate of drug-likeness (QED) is 0.454. The van der Waals surface area contributed by atoms with E-state index in [1.807, 2.05) is 48.7 Å². The van der Waals surface area contributed by atoms with Crippen molar-refractivity contribution in [2.75, 3.05) is 0 Å². The fourth-order valence-electron chi connectivity index (χ4n) is 3.27. The summed E-state index contributed by atoms with van der Waals surface area (Å²) < 4.78 is 6.35. The van der Waals surface area contributed by atoms with E-state index in [2.05, 4.69) is 36.0 Å². The van der Waals surface area contributed by atoms with Crippen LogP contribution in [-0.2, 0) is 6.42 Å². The van der Waals surface area contributed by atoms with Gasteiger partial charge in [0.25, 0.3) is 5.56 Å². The summed E-state index contributed by atoms with van der Waals surface area (Å²) in [6.07, 6.45) is 4.06. The van der Waals surface area contributed by atoms with Crippen molar-refractivity contribution >= 4 is 37.6 Å². The van der Waals surface area contributed by atoms with E-state index >= 15 is 0 Å². The lowest BCUT2D eigenvalue weighted by atomic mass is 10.0. The fourth-order valence-corrected chi connectivity index (χ4v) is 3.65. The Labute approximate surface area is 167 Å². The van der Waals surface area contributed by atoms with Crippen LogP contribution >= 0.6 is 15.9 Å². The molecule has 0 saturated carbocycles. The van der Waals surface area contributed by atoms with Crippen molar-refractivity contribution in [2.45, 2.75) is 6.42 Å². The second-order valence-corrected chi connectivity index (χ2v) is 7.36. The summed E-state index contributed by atoms with van der Waals surface area (Å²) in [5, 5.41) is 7.04. The normalized spacial score (nSPS) is 11.3. The van der Waals surface area contributed by atoms with Crippen LogP contribution in [-0.4, -0.2) is 20.1 Å². The van der Waals surface area contributed by atoms with E-state index in [-0.39, 0.29) is 11.4 Å². The van der Waals surface area contributed by atoms with E-state index in [1.54, 1.807) is 12.3 Å². The monoisotopic (exact) mass is 432 g/mol. The zero-order valence-corrected chi connectivity index (χ0v) is 16.1. The van der Waals surface area contributed by atoms with Crippen molar-refractivity contribution in [2.24, 2.45) is 0 Å². The lowest BCUT2D eigenvalue weighted by Gasteiger charge is -2.03. The van der Waals surface area contributed by atoms with Crippen LogP contribution in [0.3, 0.4) is 0 Å². The molecule has 7 heteroatoms. The number of hydrogen-bond acceptors (Lipinski definition) is 5. The lowest BCUT2D eigenvalue weighted by Crippen LogP contribution is -2.09. The van der Waals surface area contributed by atoms with Gasteiger partial charge in [-0.3, -0.25) is 9.78 Å². The Kier molecular flexibility index (Phi) is 4.02. The molecule has 3 heterocycles. The smallest absolute Gasteiger partial charge is 0.259 e. The molecule has 0 aliphatic carbocycles. The summed E-state index contributed by atoms with van der Waals surface area (Å²) in [6.45, 7) is 0. The maximum absolute atomic E-state index is 12.5. The summed E-state index contributed by atoms with van der Waals surface area (Å²) in [6, 6.07) is 15.4. The van der Waals surface area contributed by atoms with Gasteiger partial charge in [-0.15, -0.1) is 0 Å². The highest BCUT2D eigenvalue weighted by Crippen LogP contribution is 2.23. The summed E-state index contributed by atoms with van der Waals surface area (Å²) in [5.41, 5.74) is 1.91. The first-order valence-electron chi connectivity index (χ1n) is 8.64. The molecule has 0 aliphatic heterocycles. The Hall–Kier alpha value is -3.32. The van der Waals surface area contributed by atoms with Crippen LogP contribution in [0, 0.1) is 0 Å². The first-order valence-corrected chi connectivity index (χ1v) is 9.44. The molecule has 0 saturated heterocycles. The van der Waals surface area contributed by atoms with E-state index in [0.29, 0.717) is 17.9 Å². The van der Waals surface area contributed by atoms with Crippen LogP contribution in [0.4, 0.5) is 0 Å². The number of hydrogen-bond donors (Lipinski definition) is 1. The third-order valence-electron chi connectivity index (χ3n) is 4.63. The maximum Gasteiger partial charge on any atom is 0.259 e. The molecule has 0 bridgehead atoms. The summed E-state index contributed by atoms with van der Waals surface area (Å²) in [4.78, 5) is 24.0. The van der Waals surface area contributed by atoms with Gasteiger partial charge in [0, 0.05) is 33.2 Å². The lowest BCUT2D eigenvalue weighted by molar-refractivity contribution is 0.386. The van der Waals surface area contributed by atoms with Crippen LogP contribution in [0.15, 0.2) is 74.7 Å². The van der Waals surface area contributed by atoms with Gasteiger partial charge in [-0.2, -0.15) is 4.98 Å². The van der Waals surface area contributed by atoms with Crippen LogP contribution in [0.5, 0.6) is 0 Å². The van der Waals surface area contributed by atoms with Crippen molar-refractivity contribution in [1.29, 1.82) is 0 Å². The largest absolute Gasteiger partial charge is 0.339 e. The van der Waals surface area contributed by atoms with Crippen LogP contribution in [0.25, 0.3) is 33.1 Å². The molecule has 2 aromatic carbocycles. The predicted molar refractivity (Wildman–Crippen MR) is 110 cm³/mol. The third-order valence-corrected chi connectivity index (χ3v) is 5.12. The SMILES string of the molecule is O=c1[nH]c2ccc(Br)cc2cc1-c1noc(Cc2cccc3ccncc23)n1. The zero-order valence-electron chi connectivity index (χ0n) is 14.5. The molecule has 5 rings (SSSR count). The van der Waals surface area contributed by atoms with Gasteiger partial charge in [0.2, 0.25) is 11.7 Å². The number of benzene rings is 2. The van der Waals surface area contributed by atoms with Gasteiger partial charge in [0.05, 0.1) is 12.0 Å². The summed E-state index contributed by atoms with van der Waals surface area (Å²) in [7, 11) is 0. The second-order valence-electron chi connectivity index (χ2n) is 6.45. The van der Waals surface area contributed by atoms with E-state index < -0.39 is 0 Å². The molecule has 6 nitrogen and oxygen atoms in total. The average molecular weight is 433 g/mol. The first-order chi connectivity index (χ1) is 13.7. The van der Waals surface area contributed by atoms with Gasteiger partial charge in [-0.25, -0.2) is 0 Å². The highest BCUT2D eigenvalue weighted by molar-refractivity contribution is 9.10. The maximum atomic E-state index is 12.5. The van der Waals surface area contributed by atoms with Gasteiger partial charge in [0.1, 0.15) is 0 Å². The Morgan fingerprint density at radius 2 is 2.00 bits per heavy atom. The minimum Gasteiger partial charge on any atom is -0.339 e. The molecular formula is C21H13BrN4O2. The molecule has 1 N–H and O–H groups in total. The first kappa shape index (κ1) is 16.8. The Bertz CT molecular complexity index is 1390. The molecule has 28 heavy (non-hydrogen) atoms. The van der Waals surface area contributed by atoms with Crippen molar-refractivity contribution in [3.63, 3.8) is 0 Å². The third kappa shape index (κ3) is 2.99. The minimum atomic E-state index is -0.253. The zero-order chi connectivity index (χ0) is 19.1. The second kappa shape index (κ2) is 6.69. The number of rotatable bonds is 3. The van der Waals surface area contributed by atoms with Gasteiger partial charge >= 0.3 is 0 Å². The predicted octanol–water partition coefficient (Wildman–Crippen LogP) is 4.48. The van der Waals surface area contributed by atoms with Crippen molar-refractivity contribution in [3.05, 3.63) is 87.2 Å². The summed E-state index contributed by atoms with van der Waals surface area (Å²) >= 11 is 3.45. The summed E-state index contributed by atoms with van der Waals surface area (Å²) in [5.74, 6) is 0.719. The molecule has 0 aliphatic rings. The van der Waals surface area contributed by atoms with E-state index in [4.69, 9.17) is 4.52 Å². The number of nitrogens with one attached hydrogen (secondary N) is 1. The Morgan fingerprint density at radius 1 is 1.07 bits per heavy atom. The van der Waals surface area contributed by atoms with Crippen LogP contribution in [0.2, 0.25) is 0 Å². The number of pyridine rings is 2. The minimum absolute atomic E-state index is 0.253. The molecule has 0 atom stereocenters. The number of halogens is 1. The highest BCUT2D eigenvalue weighted by atomic mass is 79.9. The molecule has 5 aromatic rings. The number of H-pyrrole nitrogens is 1. The highest BCUT2D eigenvalue weighted by Gasteiger charge is 2.14.